The topological polar surface area (TPSA) is 81.2 Å². The number of hydrogen-bond donors (Lipinski definition) is 2. The molecule has 1 atom stereocenters. The molecule has 1 amide bonds. The molecular formula is C13H18ClN3O2S. The maximum atomic E-state index is 11.7. The fourth-order valence-corrected chi connectivity index (χ4v) is 2.29. The van der Waals surface area contributed by atoms with Gasteiger partial charge in [0.25, 0.3) is 0 Å². The predicted molar refractivity (Wildman–Crippen MR) is 81.7 cm³/mol. The lowest BCUT2D eigenvalue weighted by atomic mass is 10.1. The van der Waals surface area contributed by atoms with Gasteiger partial charge in [0.1, 0.15) is 0 Å². The number of nitrogens with one attached hydrogen (secondary N) is 1. The number of carbonyl (C=O) groups excluding carboxylic acids is 1. The van der Waals surface area contributed by atoms with E-state index in [1.807, 2.05) is 31.4 Å². The van der Waals surface area contributed by atoms with Gasteiger partial charge in [-0.3, -0.25) is 4.79 Å². The summed E-state index contributed by atoms with van der Waals surface area (Å²) in [6, 6.07) is 3.19. The van der Waals surface area contributed by atoms with Crippen molar-refractivity contribution < 1.29 is 9.21 Å². The molecule has 5 nitrogen and oxygen atoms in total. The van der Waals surface area contributed by atoms with Gasteiger partial charge in [-0.1, -0.05) is 13.8 Å². The van der Waals surface area contributed by atoms with Crippen LogP contribution in [-0.4, -0.2) is 16.9 Å². The molecular weight excluding hydrogens is 298 g/mol. The minimum Gasteiger partial charge on any atom is -0.462 e. The molecule has 0 fully saturated rings. The quantitative estimate of drug-likeness (QED) is 0.888. The lowest BCUT2D eigenvalue weighted by molar-refractivity contribution is -0.123. The zero-order chi connectivity index (χ0) is 13.8. The van der Waals surface area contributed by atoms with Crippen molar-refractivity contribution in [1.82, 2.24) is 10.3 Å². The van der Waals surface area contributed by atoms with Crippen molar-refractivity contribution in [3.8, 4) is 10.8 Å². The lowest BCUT2D eigenvalue weighted by Crippen LogP contribution is -2.43. The maximum Gasteiger partial charge on any atom is 0.237 e. The molecule has 0 radical (unpaired) electrons. The molecule has 0 aliphatic rings. The van der Waals surface area contributed by atoms with Crippen LogP contribution in [0.4, 0.5) is 0 Å². The van der Waals surface area contributed by atoms with Crippen LogP contribution in [0, 0.1) is 5.92 Å². The Bertz CT molecular complexity index is 540. The van der Waals surface area contributed by atoms with Crippen LogP contribution in [0.2, 0.25) is 0 Å². The summed E-state index contributed by atoms with van der Waals surface area (Å²) in [5.41, 5.74) is 6.57. The molecule has 0 aromatic carbocycles. The van der Waals surface area contributed by atoms with E-state index in [0.717, 1.165) is 16.5 Å². The highest BCUT2D eigenvalue weighted by molar-refractivity contribution is 7.13. The summed E-state index contributed by atoms with van der Waals surface area (Å²) in [6.07, 6.45) is 1.61. The molecule has 0 aliphatic heterocycles. The highest BCUT2D eigenvalue weighted by Crippen LogP contribution is 2.23. The van der Waals surface area contributed by atoms with Gasteiger partial charge in [-0.15, -0.1) is 23.7 Å². The van der Waals surface area contributed by atoms with Gasteiger partial charge in [-0.25, -0.2) is 4.98 Å². The van der Waals surface area contributed by atoms with E-state index in [2.05, 4.69) is 10.3 Å². The Morgan fingerprint density at radius 3 is 2.90 bits per heavy atom. The van der Waals surface area contributed by atoms with E-state index in [-0.39, 0.29) is 24.2 Å². The number of hydrogen-bond acceptors (Lipinski definition) is 5. The van der Waals surface area contributed by atoms with Gasteiger partial charge in [0.05, 0.1) is 24.5 Å². The number of amides is 1. The monoisotopic (exact) mass is 315 g/mol. The Balaban J connectivity index is 0.00000200. The van der Waals surface area contributed by atoms with E-state index < -0.39 is 6.04 Å². The molecule has 0 spiro atoms. The Hall–Kier alpha value is -1.37. The third-order valence-corrected chi connectivity index (χ3v) is 3.65. The van der Waals surface area contributed by atoms with Crippen LogP contribution in [-0.2, 0) is 11.3 Å². The second-order valence-electron chi connectivity index (χ2n) is 4.61. The Morgan fingerprint density at radius 1 is 1.55 bits per heavy atom. The smallest absolute Gasteiger partial charge is 0.237 e. The van der Waals surface area contributed by atoms with E-state index in [1.54, 1.807) is 6.26 Å². The maximum absolute atomic E-state index is 11.7. The molecule has 0 aliphatic carbocycles. The number of nitrogens with zero attached hydrogens (tertiary/aromatic N) is 1. The van der Waals surface area contributed by atoms with Gasteiger partial charge in [0.2, 0.25) is 5.91 Å². The molecule has 7 heteroatoms. The van der Waals surface area contributed by atoms with Crippen LogP contribution < -0.4 is 11.1 Å². The highest BCUT2D eigenvalue weighted by atomic mass is 35.5. The first-order valence-corrected chi connectivity index (χ1v) is 6.97. The zero-order valence-electron chi connectivity index (χ0n) is 11.3. The summed E-state index contributed by atoms with van der Waals surface area (Å²) in [6.45, 7) is 4.22. The van der Waals surface area contributed by atoms with Crippen LogP contribution >= 0.6 is 23.7 Å². The fraction of sp³-hybridized carbons (Fsp3) is 0.385. The molecule has 0 unspecified atom stereocenters. The second kappa shape index (κ2) is 7.42. The van der Waals surface area contributed by atoms with Crippen molar-refractivity contribution in [2.45, 2.75) is 26.4 Å². The summed E-state index contributed by atoms with van der Waals surface area (Å²) in [5, 5.41) is 5.50. The summed E-state index contributed by atoms with van der Waals surface area (Å²) in [4.78, 5) is 16.1. The third kappa shape index (κ3) is 4.06. The number of nitrogens with two attached hydrogens (primary N) is 1. The number of rotatable bonds is 5. The highest BCUT2D eigenvalue weighted by Gasteiger charge is 2.17. The fourth-order valence-electron chi connectivity index (χ4n) is 1.50. The molecule has 0 saturated heterocycles. The molecule has 0 bridgehead atoms. The minimum atomic E-state index is -0.483. The lowest BCUT2D eigenvalue weighted by Gasteiger charge is -2.14. The van der Waals surface area contributed by atoms with Crippen LogP contribution in [0.25, 0.3) is 10.8 Å². The zero-order valence-corrected chi connectivity index (χ0v) is 13.0. The molecule has 2 heterocycles. The van der Waals surface area contributed by atoms with Gasteiger partial charge in [-0.2, -0.15) is 0 Å². The van der Waals surface area contributed by atoms with Crippen molar-refractivity contribution in [1.29, 1.82) is 0 Å². The molecule has 2 aromatic heterocycles. The van der Waals surface area contributed by atoms with Crippen molar-refractivity contribution >= 4 is 29.7 Å². The van der Waals surface area contributed by atoms with E-state index in [0.29, 0.717) is 6.54 Å². The van der Waals surface area contributed by atoms with Crippen molar-refractivity contribution in [3.63, 3.8) is 0 Å². The van der Waals surface area contributed by atoms with Gasteiger partial charge >= 0.3 is 0 Å². The van der Waals surface area contributed by atoms with Gasteiger partial charge in [0, 0.05) is 5.38 Å². The Labute approximate surface area is 128 Å². The van der Waals surface area contributed by atoms with E-state index >= 15 is 0 Å². The normalized spacial score (nSPS) is 12.0. The van der Waals surface area contributed by atoms with Crippen molar-refractivity contribution in [3.05, 3.63) is 29.5 Å². The van der Waals surface area contributed by atoms with Gasteiger partial charge in [0.15, 0.2) is 10.8 Å². The SMILES string of the molecule is CC(C)[C@H](N)C(=O)NCc1csc(-c2ccco2)n1.Cl. The summed E-state index contributed by atoms with van der Waals surface area (Å²) >= 11 is 1.49. The van der Waals surface area contributed by atoms with Gasteiger partial charge in [-0.05, 0) is 18.1 Å². The van der Waals surface area contributed by atoms with Crippen molar-refractivity contribution in [2.75, 3.05) is 0 Å². The van der Waals surface area contributed by atoms with E-state index in [1.165, 1.54) is 11.3 Å². The average Bonchev–Trinajstić information content (AvgIpc) is 3.04. The number of carbonyl (C=O) groups is 1. The molecule has 2 rings (SSSR count). The molecule has 2 aromatic rings. The van der Waals surface area contributed by atoms with Crippen molar-refractivity contribution in [2.24, 2.45) is 11.7 Å². The number of aromatic nitrogens is 1. The number of halogens is 1. The first kappa shape index (κ1) is 16.7. The largest absolute Gasteiger partial charge is 0.462 e. The van der Waals surface area contributed by atoms with Gasteiger partial charge < -0.3 is 15.5 Å². The summed E-state index contributed by atoms with van der Waals surface area (Å²) in [5.74, 6) is 0.707. The van der Waals surface area contributed by atoms with Crippen LogP contribution in [0.1, 0.15) is 19.5 Å². The number of thiazole rings is 1. The first-order valence-electron chi connectivity index (χ1n) is 6.09. The van der Waals surface area contributed by atoms with E-state index in [9.17, 15) is 4.79 Å². The van der Waals surface area contributed by atoms with Crippen LogP contribution in [0.5, 0.6) is 0 Å². The Morgan fingerprint density at radius 2 is 2.30 bits per heavy atom. The molecule has 3 N–H and O–H groups in total. The van der Waals surface area contributed by atoms with Crippen LogP contribution in [0.3, 0.4) is 0 Å². The summed E-state index contributed by atoms with van der Waals surface area (Å²) in [7, 11) is 0. The molecule has 0 saturated carbocycles. The Kier molecular flexibility index (Phi) is 6.19. The predicted octanol–water partition coefficient (Wildman–Crippen LogP) is 2.42. The van der Waals surface area contributed by atoms with E-state index in [4.69, 9.17) is 10.2 Å². The third-order valence-electron chi connectivity index (χ3n) is 2.75. The summed E-state index contributed by atoms with van der Waals surface area (Å²) < 4.78 is 5.27. The van der Waals surface area contributed by atoms with Crippen LogP contribution in [0.15, 0.2) is 28.2 Å². The first-order chi connectivity index (χ1) is 9.08. The second-order valence-corrected chi connectivity index (χ2v) is 5.47. The standard InChI is InChI=1S/C13H17N3O2S.ClH/c1-8(2)11(14)12(17)15-6-9-7-19-13(16-9)10-4-3-5-18-10;/h3-5,7-8,11H,6,14H2,1-2H3,(H,15,17);1H/t11-;/m0./s1. The molecule has 110 valence electrons. The average molecular weight is 316 g/mol. The minimum absolute atomic E-state index is 0. The number of furan rings is 1. The molecule has 20 heavy (non-hydrogen) atoms.